The summed E-state index contributed by atoms with van der Waals surface area (Å²) in [7, 11) is 0. The number of carbonyl (C=O) groups excluding carboxylic acids is 1. The van der Waals surface area contributed by atoms with Crippen LogP contribution in [-0.4, -0.2) is 40.0 Å². The Bertz CT molecular complexity index is 779. The van der Waals surface area contributed by atoms with Gasteiger partial charge in [0.25, 0.3) is 11.6 Å². The van der Waals surface area contributed by atoms with Crippen LogP contribution in [0.3, 0.4) is 0 Å². The van der Waals surface area contributed by atoms with Crippen LogP contribution in [0.15, 0.2) is 48.5 Å². The summed E-state index contributed by atoms with van der Waals surface area (Å²) in [5, 5.41) is 24.0. The van der Waals surface area contributed by atoms with Gasteiger partial charge in [-0.25, -0.2) is 0 Å². The van der Waals surface area contributed by atoms with Crippen molar-refractivity contribution in [2.45, 2.75) is 19.1 Å². The number of carbonyl (C=O) groups is 1. The fraction of sp³-hybridized carbons (Fsp3) is 0.278. The van der Waals surface area contributed by atoms with E-state index < -0.39 is 11.0 Å². The maximum absolute atomic E-state index is 12.4. The van der Waals surface area contributed by atoms with Gasteiger partial charge in [0.15, 0.2) is 0 Å². The monoisotopic (exact) mass is 341 g/mol. The van der Waals surface area contributed by atoms with E-state index in [4.69, 9.17) is 0 Å². The van der Waals surface area contributed by atoms with Gasteiger partial charge in [0.1, 0.15) is 5.69 Å². The predicted octanol–water partition coefficient (Wildman–Crippen LogP) is 2.41. The first-order chi connectivity index (χ1) is 12.0. The van der Waals surface area contributed by atoms with Crippen LogP contribution >= 0.6 is 0 Å². The van der Waals surface area contributed by atoms with E-state index in [1.54, 1.807) is 12.1 Å². The van der Waals surface area contributed by atoms with Gasteiger partial charge < -0.3 is 15.3 Å². The molecule has 0 saturated carbocycles. The minimum atomic E-state index is -0.522. The Hall–Kier alpha value is -2.93. The van der Waals surface area contributed by atoms with Crippen LogP contribution in [0.25, 0.3) is 0 Å². The van der Waals surface area contributed by atoms with Crippen molar-refractivity contribution >= 4 is 17.3 Å². The molecule has 1 atom stereocenters. The quantitative estimate of drug-likeness (QED) is 0.643. The average Bonchev–Trinajstić information content (AvgIpc) is 3.06. The average molecular weight is 341 g/mol. The van der Waals surface area contributed by atoms with Crippen molar-refractivity contribution in [3.63, 3.8) is 0 Å². The number of aliphatic hydroxyl groups is 1. The highest BCUT2D eigenvalue weighted by Gasteiger charge is 2.27. The SMILES string of the molecule is O=C(c1ccc(NCc2ccccc2)c([N+](=O)[O-])c1)N1CC[C@@H](O)C1. The molecule has 1 heterocycles. The lowest BCUT2D eigenvalue weighted by Gasteiger charge is -2.16. The lowest BCUT2D eigenvalue weighted by Crippen LogP contribution is -2.29. The van der Waals surface area contributed by atoms with Gasteiger partial charge in [0, 0.05) is 31.3 Å². The first-order valence-electron chi connectivity index (χ1n) is 8.08. The number of amides is 1. The Morgan fingerprint density at radius 2 is 2.04 bits per heavy atom. The topological polar surface area (TPSA) is 95.7 Å². The van der Waals surface area contributed by atoms with Crippen LogP contribution in [0.2, 0.25) is 0 Å². The van der Waals surface area contributed by atoms with Crippen molar-refractivity contribution in [3.8, 4) is 0 Å². The summed E-state index contributed by atoms with van der Waals surface area (Å²) >= 11 is 0. The van der Waals surface area contributed by atoms with Crippen molar-refractivity contribution in [1.29, 1.82) is 0 Å². The summed E-state index contributed by atoms with van der Waals surface area (Å²) < 4.78 is 0. The van der Waals surface area contributed by atoms with Crippen molar-refractivity contribution in [2.24, 2.45) is 0 Å². The second-order valence-corrected chi connectivity index (χ2v) is 6.02. The van der Waals surface area contributed by atoms with Crippen molar-refractivity contribution in [2.75, 3.05) is 18.4 Å². The lowest BCUT2D eigenvalue weighted by molar-refractivity contribution is -0.384. The fourth-order valence-corrected chi connectivity index (χ4v) is 2.87. The Morgan fingerprint density at radius 3 is 2.68 bits per heavy atom. The predicted molar refractivity (Wildman–Crippen MR) is 93.4 cm³/mol. The van der Waals surface area contributed by atoms with Gasteiger partial charge in [0.05, 0.1) is 11.0 Å². The zero-order valence-electron chi connectivity index (χ0n) is 13.6. The molecule has 0 aliphatic carbocycles. The Morgan fingerprint density at radius 1 is 1.28 bits per heavy atom. The molecule has 130 valence electrons. The molecule has 0 aromatic heterocycles. The van der Waals surface area contributed by atoms with Crippen LogP contribution < -0.4 is 5.32 Å². The highest BCUT2D eigenvalue weighted by atomic mass is 16.6. The number of benzene rings is 2. The van der Waals surface area contributed by atoms with E-state index in [1.807, 2.05) is 30.3 Å². The van der Waals surface area contributed by atoms with E-state index in [0.29, 0.717) is 25.2 Å². The van der Waals surface area contributed by atoms with Crippen LogP contribution in [0, 0.1) is 10.1 Å². The second-order valence-electron chi connectivity index (χ2n) is 6.02. The molecule has 1 fully saturated rings. The minimum Gasteiger partial charge on any atom is -0.391 e. The number of rotatable bonds is 5. The molecular formula is C18H19N3O4. The Kier molecular flexibility index (Phi) is 4.95. The smallest absolute Gasteiger partial charge is 0.293 e. The zero-order valence-corrected chi connectivity index (χ0v) is 13.6. The van der Waals surface area contributed by atoms with Gasteiger partial charge >= 0.3 is 0 Å². The van der Waals surface area contributed by atoms with Crippen molar-refractivity contribution in [1.82, 2.24) is 4.90 Å². The van der Waals surface area contributed by atoms with Gasteiger partial charge in [-0.05, 0) is 24.1 Å². The number of likely N-dealkylation sites (tertiary alicyclic amines) is 1. The number of anilines is 1. The van der Waals surface area contributed by atoms with Crippen LogP contribution in [0.5, 0.6) is 0 Å². The number of nitro groups is 1. The summed E-state index contributed by atoms with van der Waals surface area (Å²) in [6, 6.07) is 14.0. The van der Waals surface area contributed by atoms with Gasteiger partial charge in [-0.15, -0.1) is 0 Å². The van der Waals surface area contributed by atoms with Crippen LogP contribution in [0.4, 0.5) is 11.4 Å². The molecule has 0 unspecified atom stereocenters. The molecule has 1 amide bonds. The Labute approximate surface area is 145 Å². The van der Waals surface area contributed by atoms with Crippen LogP contribution in [0.1, 0.15) is 22.3 Å². The highest BCUT2D eigenvalue weighted by Crippen LogP contribution is 2.27. The normalized spacial score (nSPS) is 16.7. The molecule has 2 aromatic rings. The van der Waals surface area contributed by atoms with E-state index >= 15 is 0 Å². The van der Waals surface area contributed by atoms with E-state index in [0.717, 1.165) is 5.56 Å². The van der Waals surface area contributed by atoms with Gasteiger partial charge in [-0.2, -0.15) is 0 Å². The van der Waals surface area contributed by atoms with Gasteiger partial charge in [0.2, 0.25) is 0 Å². The third-order valence-corrected chi connectivity index (χ3v) is 4.22. The maximum Gasteiger partial charge on any atom is 0.293 e. The third-order valence-electron chi connectivity index (χ3n) is 4.22. The second kappa shape index (κ2) is 7.31. The number of nitrogens with one attached hydrogen (secondary N) is 1. The molecule has 7 heteroatoms. The fourth-order valence-electron chi connectivity index (χ4n) is 2.87. The largest absolute Gasteiger partial charge is 0.391 e. The number of hydrogen-bond acceptors (Lipinski definition) is 5. The first-order valence-corrected chi connectivity index (χ1v) is 8.08. The third kappa shape index (κ3) is 3.95. The lowest BCUT2D eigenvalue weighted by atomic mass is 10.1. The highest BCUT2D eigenvalue weighted by molar-refractivity contribution is 5.96. The Balaban J connectivity index is 1.78. The van der Waals surface area contributed by atoms with E-state index in [-0.39, 0.29) is 23.7 Å². The summed E-state index contributed by atoms with van der Waals surface area (Å²) in [6.45, 7) is 1.18. The summed E-state index contributed by atoms with van der Waals surface area (Å²) in [4.78, 5) is 24.8. The number of nitro benzene ring substituents is 1. The summed E-state index contributed by atoms with van der Waals surface area (Å²) in [5.74, 6) is -0.297. The van der Waals surface area contributed by atoms with Gasteiger partial charge in [-0.1, -0.05) is 30.3 Å². The molecule has 0 radical (unpaired) electrons. The molecule has 7 nitrogen and oxygen atoms in total. The zero-order chi connectivity index (χ0) is 17.8. The van der Waals surface area contributed by atoms with Gasteiger partial charge in [-0.3, -0.25) is 14.9 Å². The molecule has 1 saturated heterocycles. The number of hydrogen-bond donors (Lipinski definition) is 2. The molecule has 2 aromatic carbocycles. The number of β-amino-alcohol motifs (C(OH)–C–C–N with tert-alkyl or cyclic N) is 1. The van der Waals surface area contributed by atoms with Crippen molar-refractivity contribution < 1.29 is 14.8 Å². The standard InChI is InChI=1S/C18H19N3O4/c22-15-8-9-20(12-15)18(23)14-6-7-16(17(10-14)21(24)25)19-11-13-4-2-1-3-5-13/h1-7,10,15,19,22H,8-9,11-12H2/t15-/m1/s1. The van der Waals surface area contributed by atoms with Crippen molar-refractivity contribution in [3.05, 3.63) is 69.8 Å². The number of aliphatic hydroxyl groups excluding tert-OH is 1. The molecule has 2 N–H and O–H groups in total. The molecule has 1 aliphatic heterocycles. The van der Waals surface area contributed by atoms with E-state index in [9.17, 15) is 20.0 Å². The molecule has 1 aliphatic rings. The molecular weight excluding hydrogens is 322 g/mol. The molecule has 25 heavy (non-hydrogen) atoms. The van der Waals surface area contributed by atoms with E-state index in [2.05, 4.69) is 5.32 Å². The summed E-state index contributed by atoms with van der Waals surface area (Å²) in [5.41, 5.74) is 1.49. The minimum absolute atomic E-state index is 0.137. The molecule has 0 spiro atoms. The van der Waals surface area contributed by atoms with Crippen LogP contribution in [-0.2, 0) is 6.54 Å². The maximum atomic E-state index is 12.4. The molecule has 3 rings (SSSR count). The number of nitrogens with zero attached hydrogens (tertiary/aromatic N) is 2. The first kappa shape index (κ1) is 16.9. The molecule has 0 bridgehead atoms. The van der Waals surface area contributed by atoms with E-state index in [1.165, 1.54) is 11.0 Å². The summed E-state index contributed by atoms with van der Waals surface area (Å²) in [6.07, 6.45) is 0.00983.